The Morgan fingerprint density at radius 1 is 0.889 bits per heavy atom. The largest absolute Gasteiger partial charge is 0.384 e. The average Bonchev–Trinajstić information content (AvgIpc) is 2.35. The quantitative estimate of drug-likeness (QED) is 0.851. The first-order valence-electron chi connectivity index (χ1n) is 6.01. The van der Waals surface area contributed by atoms with Crippen molar-refractivity contribution in [3.8, 4) is 0 Å². The highest BCUT2D eigenvalue weighted by molar-refractivity contribution is 6.31. The Labute approximate surface area is 113 Å². The van der Waals surface area contributed by atoms with Crippen molar-refractivity contribution in [2.24, 2.45) is 0 Å². The maximum absolute atomic E-state index is 10.5. The number of aliphatic hydroxyl groups is 1. The molecule has 94 valence electrons. The van der Waals surface area contributed by atoms with Gasteiger partial charge in [-0.1, -0.05) is 41.9 Å². The smallest absolute Gasteiger partial charge is 0.105 e. The summed E-state index contributed by atoms with van der Waals surface area (Å²) in [5.74, 6) is 0. The molecule has 0 heterocycles. The van der Waals surface area contributed by atoms with Gasteiger partial charge in [-0.05, 0) is 54.7 Å². The van der Waals surface area contributed by atoms with Crippen LogP contribution in [0.25, 0.3) is 0 Å². The normalized spacial score (nSPS) is 12.5. The van der Waals surface area contributed by atoms with Crippen LogP contribution in [0, 0.1) is 20.8 Å². The van der Waals surface area contributed by atoms with Gasteiger partial charge in [-0.3, -0.25) is 0 Å². The Kier molecular flexibility index (Phi) is 3.74. The van der Waals surface area contributed by atoms with E-state index in [2.05, 4.69) is 13.0 Å². The second-order valence-corrected chi connectivity index (χ2v) is 5.05. The maximum atomic E-state index is 10.5. The summed E-state index contributed by atoms with van der Waals surface area (Å²) in [5.41, 5.74) is 5.07. The molecule has 1 atom stereocenters. The Morgan fingerprint density at radius 2 is 1.44 bits per heavy atom. The molecule has 1 N–H and O–H groups in total. The molecule has 0 aliphatic carbocycles. The lowest BCUT2D eigenvalue weighted by molar-refractivity contribution is 0.218. The van der Waals surface area contributed by atoms with Crippen LogP contribution >= 0.6 is 11.6 Å². The summed E-state index contributed by atoms with van der Waals surface area (Å²) in [6.45, 7) is 6.02. The van der Waals surface area contributed by atoms with E-state index in [0.29, 0.717) is 5.02 Å². The Bertz CT molecular complexity index is 524. The van der Waals surface area contributed by atoms with Crippen LogP contribution in [-0.4, -0.2) is 5.11 Å². The molecule has 0 saturated carbocycles. The minimum atomic E-state index is -0.622. The molecule has 18 heavy (non-hydrogen) atoms. The molecule has 0 aromatic heterocycles. The summed E-state index contributed by atoms with van der Waals surface area (Å²) in [4.78, 5) is 0. The number of halogens is 1. The van der Waals surface area contributed by atoms with Crippen LogP contribution in [-0.2, 0) is 0 Å². The fourth-order valence-corrected chi connectivity index (χ4v) is 2.34. The molecule has 0 aliphatic heterocycles. The lowest BCUT2D eigenvalue weighted by Crippen LogP contribution is -2.05. The molecule has 0 spiro atoms. The fourth-order valence-electron chi connectivity index (χ4n) is 2.16. The van der Waals surface area contributed by atoms with Gasteiger partial charge >= 0.3 is 0 Å². The van der Waals surface area contributed by atoms with E-state index >= 15 is 0 Å². The van der Waals surface area contributed by atoms with Gasteiger partial charge in [-0.15, -0.1) is 0 Å². The molecule has 1 nitrogen and oxygen atoms in total. The minimum absolute atomic E-state index is 0.622. The molecule has 2 aromatic rings. The predicted octanol–water partition coefficient (Wildman–Crippen LogP) is 4.35. The van der Waals surface area contributed by atoms with Crippen LogP contribution in [0.3, 0.4) is 0 Å². The number of benzene rings is 2. The first kappa shape index (κ1) is 13.1. The van der Waals surface area contributed by atoms with Gasteiger partial charge in [-0.25, -0.2) is 0 Å². The molecule has 0 aliphatic rings. The van der Waals surface area contributed by atoms with E-state index in [0.717, 1.165) is 22.3 Å². The van der Waals surface area contributed by atoms with E-state index in [1.807, 2.05) is 44.2 Å². The number of hydrogen-bond acceptors (Lipinski definition) is 1. The number of aryl methyl sites for hydroxylation is 1. The summed E-state index contributed by atoms with van der Waals surface area (Å²) in [6, 6.07) is 11.6. The van der Waals surface area contributed by atoms with E-state index in [1.54, 1.807) is 0 Å². The van der Waals surface area contributed by atoms with E-state index in [9.17, 15) is 5.11 Å². The molecular formula is C16H17ClO. The van der Waals surface area contributed by atoms with Crippen molar-refractivity contribution in [3.05, 3.63) is 69.2 Å². The van der Waals surface area contributed by atoms with Crippen molar-refractivity contribution >= 4 is 11.6 Å². The van der Waals surface area contributed by atoms with Crippen molar-refractivity contribution in [2.45, 2.75) is 26.9 Å². The summed E-state index contributed by atoms with van der Waals surface area (Å²) in [7, 11) is 0. The van der Waals surface area contributed by atoms with Crippen LogP contribution < -0.4 is 0 Å². The van der Waals surface area contributed by atoms with E-state index < -0.39 is 6.10 Å². The van der Waals surface area contributed by atoms with E-state index in [4.69, 9.17) is 11.6 Å². The third-order valence-corrected chi connectivity index (χ3v) is 3.95. The zero-order valence-corrected chi connectivity index (χ0v) is 11.6. The zero-order valence-electron chi connectivity index (χ0n) is 10.9. The molecule has 0 bridgehead atoms. The van der Waals surface area contributed by atoms with Crippen LogP contribution in [0.4, 0.5) is 0 Å². The molecule has 2 rings (SSSR count). The van der Waals surface area contributed by atoms with Gasteiger partial charge < -0.3 is 5.11 Å². The first-order valence-corrected chi connectivity index (χ1v) is 6.39. The lowest BCUT2D eigenvalue weighted by atomic mass is 9.92. The molecule has 0 fully saturated rings. The Balaban J connectivity index is 2.51. The number of aliphatic hydroxyl groups excluding tert-OH is 1. The number of rotatable bonds is 2. The van der Waals surface area contributed by atoms with Crippen molar-refractivity contribution in [2.75, 3.05) is 0 Å². The molecular weight excluding hydrogens is 244 g/mol. The van der Waals surface area contributed by atoms with Gasteiger partial charge in [0.05, 0.1) is 0 Å². The van der Waals surface area contributed by atoms with Crippen LogP contribution in [0.1, 0.15) is 33.9 Å². The van der Waals surface area contributed by atoms with Gasteiger partial charge in [0.25, 0.3) is 0 Å². The summed E-state index contributed by atoms with van der Waals surface area (Å²) in [5, 5.41) is 11.2. The SMILES string of the molecule is Cc1cccc(C(O)c2cccc(Cl)c2C)c1C. The lowest BCUT2D eigenvalue weighted by Gasteiger charge is -2.18. The van der Waals surface area contributed by atoms with Crippen molar-refractivity contribution in [1.82, 2.24) is 0 Å². The summed E-state index contributed by atoms with van der Waals surface area (Å²) in [6.07, 6.45) is -0.622. The zero-order chi connectivity index (χ0) is 13.3. The molecule has 2 heteroatoms. The van der Waals surface area contributed by atoms with Gasteiger partial charge in [0.15, 0.2) is 0 Å². The number of hydrogen-bond donors (Lipinski definition) is 1. The van der Waals surface area contributed by atoms with E-state index in [1.165, 1.54) is 5.56 Å². The standard InChI is InChI=1S/C16H17ClO/c1-10-6-4-7-13(11(10)2)16(18)14-8-5-9-15(17)12(14)3/h4-9,16,18H,1-3H3. The third-order valence-electron chi connectivity index (χ3n) is 3.55. The second kappa shape index (κ2) is 5.13. The molecule has 1 unspecified atom stereocenters. The van der Waals surface area contributed by atoms with Gasteiger partial charge in [0, 0.05) is 5.02 Å². The molecule has 0 amide bonds. The van der Waals surface area contributed by atoms with Crippen molar-refractivity contribution in [1.29, 1.82) is 0 Å². The van der Waals surface area contributed by atoms with Gasteiger partial charge in [-0.2, -0.15) is 0 Å². The fraction of sp³-hybridized carbons (Fsp3) is 0.250. The molecule has 0 saturated heterocycles. The first-order chi connectivity index (χ1) is 8.52. The highest BCUT2D eigenvalue weighted by Crippen LogP contribution is 2.30. The van der Waals surface area contributed by atoms with Crippen LogP contribution in [0.5, 0.6) is 0 Å². The monoisotopic (exact) mass is 260 g/mol. The second-order valence-electron chi connectivity index (χ2n) is 4.65. The van der Waals surface area contributed by atoms with Gasteiger partial charge in [0.2, 0.25) is 0 Å². The van der Waals surface area contributed by atoms with Gasteiger partial charge in [0.1, 0.15) is 6.10 Å². The maximum Gasteiger partial charge on any atom is 0.105 e. The van der Waals surface area contributed by atoms with E-state index in [-0.39, 0.29) is 0 Å². The third kappa shape index (κ3) is 2.29. The topological polar surface area (TPSA) is 20.2 Å². The highest BCUT2D eigenvalue weighted by Gasteiger charge is 2.16. The summed E-state index contributed by atoms with van der Waals surface area (Å²) < 4.78 is 0. The van der Waals surface area contributed by atoms with Crippen molar-refractivity contribution in [3.63, 3.8) is 0 Å². The van der Waals surface area contributed by atoms with Crippen LogP contribution in [0.15, 0.2) is 36.4 Å². The van der Waals surface area contributed by atoms with Crippen LogP contribution in [0.2, 0.25) is 5.02 Å². The Hall–Kier alpha value is -1.31. The average molecular weight is 261 g/mol. The minimum Gasteiger partial charge on any atom is -0.384 e. The molecule has 2 aromatic carbocycles. The molecule has 0 radical (unpaired) electrons. The predicted molar refractivity (Wildman–Crippen MR) is 76.2 cm³/mol. The van der Waals surface area contributed by atoms with Crippen molar-refractivity contribution < 1.29 is 5.11 Å². The Morgan fingerprint density at radius 3 is 2.11 bits per heavy atom. The highest BCUT2D eigenvalue weighted by atomic mass is 35.5. The summed E-state index contributed by atoms with van der Waals surface area (Å²) >= 11 is 6.11.